The first-order valence-corrected chi connectivity index (χ1v) is 10.5. The van der Waals surface area contributed by atoms with Gasteiger partial charge in [-0.3, -0.25) is 0 Å². The van der Waals surface area contributed by atoms with E-state index in [4.69, 9.17) is 0 Å². The van der Waals surface area contributed by atoms with E-state index in [0.29, 0.717) is 5.56 Å². The Morgan fingerprint density at radius 2 is 1.56 bits per heavy atom. The Morgan fingerprint density at radius 3 is 2.12 bits per heavy atom. The predicted octanol–water partition coefficient (Wildman–Crippen LogP) is 1.28. The van der Waals surface area contributed by atoms with Gasteiger partial charge in [-0.2, -0.15) is 4.72 Å². The number of sulfonamides is 1. The number of methoxy groups -OCH3 is 1. The molecular formula is C16H17NO6S2. The van der Waals surface area contributed by atoms with Gasteiger partial charge >= 0.3 is 5.97 Å². The molecule has 0 fully saturated rings. The molecule has 25 heavy (non-hydrogen) atoms. The molecule has 2 aromatic carbocycles. The van der Waals surface area contributed by atoms with E-state index in [9.17, 15) is 21.6 Å². The second-order valence-electron chi connectivity index (χ2n) is 5.24. The zero-order valence-electron chi connectivity index (χ0n) is 13.5. The van der Waals surface area contributed by atoms with E-state index >= 15 is 0 Å². The van der Waals surface area contributed by atoms with Gasteiger partial charge in [0.15, 0.2) is 9.84 Å². The molecule has 1 N–H and O–H groups in total. The van der Waals surface area contributed by atoms with Crippen LogP contribution < -0.4 is 4.72 Å². The monoisotopic (exact) mass is 383 g/mol. The van der Waals surface area contributed by atoms with Crippen molar-refractivity contribution >= 4 is 25.8 Å². The number of nitrogens with one attached hydrogen (secondary N) is 1. The van der Waals surface area contributed by atoms with E-state index in [1.807, 2.05) is 0 Å². The molecule has 0 saturated heterocycles. The Morgan fingerprint density at radius 1 is 0.960 bits per heavy atom. The second kappa shape index (κ2) is 7.34. The van der Waals surface area contributed by atoms with Crippen molar-refractivity contribution in [3.05, 3.63) is 60.2 Å². The Labute approximate surface area is 146 Å². The molecule has 2 rings (SSSR count). The summed E-state index contributed by atoms with van der Waals surface area (Å²) in [5.41, 5.74) is 0.400. The fourth-order valence-corrected chi connectivity index (χ4v) is 4.07. The summed E-state index contributed by atoms with van der Waals surface area (Å²) in [6, 6.07) is 11.8. The highest BCUT2D eigenvalue weighted by Gasteiger charge is 2.28. The van der Waals surface area contributed by atoms with Crippen molar-refractivity contribution in [3.8, 4) is 0 Å². The summed E-state index contributed by atoms with van der Waals surface area (Å²) in [5, 5.41) is 0. The van der Waals surface area contributed by atoms with E-state index in [1.165, 1.54) is 18.2 Å². The van der Waals surface area contributed by atoms with Crippen LogP contribution in [-0.2, 0) is 29.4 Å². The lowest BCUT2D eigenvalue weighted by molar-refractivity contribution is -0.142. The maximum Gasteiger partial charge on any atom is 0.328 e. The highest BCUT2D eigenvalue weighted by Crippen LogP contribution is 2.20. The van der Waals surface area contributed by atoms with Crippen molar-refractivity contribution in [2.24, 2.45) is 0 Å². The van der Waals surface area contributed by atoms with Crippen LogP contribution in [0.2, 0.25) is 0 Å². The number of sulfone groups is 1. The van der Waals surface area contributed by atoms with Crippen LogP contribution in [0, 0.1) is 0 Å². The summed E-state index contributed by atoms with van der Waals surface area (Å²) in [6.07, 6.45) is 0.980. The van der Waals surface area contributed by atoms with Crippen LogP contribution in [0.25, 0.3) is 0 Å². The van der Waals surface area contributed by atoms with Crippen LogP contribution in [0.4, 0.5) is 0 Å². The first-order chi connectivity index (χ1) is 11.6. The summed E-state index contributed by atoms with van der Waals surface area (Å²) in [6.45, 7) is 0. The van der Waals surface area contributed by atoms with Crippen molar-refractivity contribution in [2.75, 3.05) is 13.4 Å². The highest BCUT2D eigenvalue weighted by atomic mass is 32.2. The molecular weight excluding hydrogens is 366 g/mol. The van der Waals surface area contributed by atoms with Crippen molar-refractivity contribution in [1.29, 1.82) is 0 Å². The number of carbonyl (C=O) groups excluding carboxylic acids is 1. The number of esters is 1. The molecule has 0 radical (unpaired) electrons. The van der Waals surface area contributed by atoms with Gasteiger partial charge in [0.1, 0.15) is 6.04 Å². The molecule has 0 aliphatic carbocycles. The predicted molar refractivity (Wildman–Crippen MR) is 91.1 cm³/mol. The zero-order valence-corrected chi connectivity index (χ0v) is 15.2. The van der Waals surface area contributed by atoms with Crippen LogP contribution in [0.1, 0.15) is 11.6 Å². The molecule has 0 heterocycles. The molecule has 0 aromatic heterocycles. The van der Waals surface area contributed by atoms with Crippen LogP contribution in [-0.4, -0.2) is 36.2 Å². The van der Waals surface area contributed by atoms with Crippen LogP contribution in [0.3, 0.4) is 0 Å². The average Bonchev–Trinajstić information content (AvgIpc) is 2.59. The van der Waals surface area contributed by atoms with E-state index in [1.54, 1.807) is 30.3 Å². The number of rotatable bonds is 6. The normalized spacial score (nSPS) is 13.2. The second-order valence-corrected chi connectivity index (χ2v) is 8.96. The molecule has 1 atom stereocenters. The molecule has 1 unspecified atom stereocenters. The highest BCUT2D eigenvalue weighted by molar-refractivity contribution is 7.91. The minimum Gasteiger partial charge on any atom is -0.468 e. The van der Waals surface area contributed by atoms with Gasteiger partial charge in [0.2, 0.25) is 10.0 Å². The van der Waals surface area contributed by atoms with Crippen molar-refractivity contribution in [2.45, 2.75) is 15.8 Å². The first-order valence-electron chi connectivity index (χ1n) is 7.10. The number of ether oxygens (including phenoxy) is 1. The molecule has 7 nitrogen and oxygen atoms in total. The van der Waals surface area contributed by atoms with Crippen molar-refractivity contribution in [1.82, 2.24) is 4.72 Å². The van der Waals surface area contributed by atoms with Crippen LogP contribution >= 0.6 is 0 Å². The smallest absolute Gasteiger partial charge is 0.328 e. The fraction of sp³-hybridized carbons (Fsp3) is 0.188. The molecule has 0 bridgehead atoms. The van der Waals surface area contributed by atoms with Crippen molar-refractivity contribution in [3.63, 3.8) is 0 Å². The van der Waals surface area contributed by atoms with Gasteiger partial charge in [-0.1, -0.05) is 36.4 Å². The third kappa shape index (κ3) is 4.65. The maximum atomic E-state index is 12.6. The number of carbonyl (C=O) groups is 1. The van der Waals surface area contributed by atoms with E-state index in [0.717, 1.165) is 19.4 Å². The SMILES string of the molecule is COC(=O)C(NS(=O)(=O)c1cccc(S(C)(=O)=O)c1)c1ccccc1. The third-order valence-corrected chi connectivity index (χ3v) is 5.92. The van der Waals surface area contributed by atoms with Gasteiger partial charge in [-0.15, -0.1) is 0 Å². The standard InChI is InChI=1S/C16H17NO6S2/c1-23-16(18)15(12-7-4-3-5-8-12)17-25(21,22)14-10-6-9-13(11-14)24(2,19)20/h3-11,15,17H,1-2H3. The molecule has 0 spiro atoms. The van der Waals surface area contributed by atoms with E-state index in [-0.39, 0.29) is 9.79 Å². The summed E-state index contributed by atoms with van der Waals surface area (Å²) < 4.78 is 55.4. The Kier molecular flexibility index (Phi) is 5.61. The molecule has 0 amide bonds. The number of benzene rings is 2. The lowest BCUT2D eigenvalue weighted by Crippen LogP contribution is -2.34. The largest absolute Gasteiger partial charge is 0.468 e. The minimum atomic E-state index is -4.16. The fourth-order valence-electron chi connectivity index (χ4n) is 2.11. The van der Waals surface area contributed by atoms with E-state index < -0.39 is 31.9 Å². The van der Waals surface area contributed by atoms with Gasteiger partial charge < -0.3 is 4.74 Å². The minimum absolute atomic E-state index is 0.135. The van der Waals surface area contributed by atoms with Crippen LogP contribution in [0.5, 0.6) is 0 Å². The molecule has 0 aliphatic rings. The first kappa shape index (κ1) is 19.1. The van der Waals surface area contributed by atoms with Crippen molar-refractivity contribution < 1.29 is 26.4 Å². The number of hydrogen-bond acceptors (Lipinski definition) is 6. The summed E-state index contributed by atoms with van der Waals surface area (Å²) in [5.74, 6) is -0.783. The number of hydrogen-bond donors (Lipinski definition) is 1. The maximum absolute atomic E-state index is 12.6. The summed E-state index contributed by atoms with van der Waals surface area (Å²) >= 11 is 0. The molecule has 134 valence electrons. The lowest BCUT2D eigenvalue weighted by atomic mass is 10.1. The van der Waals surface area contributed by atoms with Gasteiger partial charge in [0.25, 0.3) is 0 Å². The average molecular weight is 383 g/mol. The quantitative estimate of drug-likeness (QED) is 0.753. The molecule has 2 aromatic rings. The lowest BCUT2D eigenvalue weighted by Gasteiger charge is -2.17. The molecule has 9 heteroatoms. The Balaban J connectivity index is 2.43. The summed E-state index contributed by atoms with van der Waals surface area (Å²) in [4.78, 5) is 11.6. The molecule has 0 saturated carbocycles. The zero-order chi connectivity index (χ0) is 18.7. The van der Waals surface area contributed by atoms with Crippen LogP contribution in [0.15, 0.2) is 64.4 Å². The Hall–Kier alpha value is -2.23. The van der Waals surface area contributed by atoms with Gasteiger partial charge in [-0.25, -0.2) is 21.6 Å². The molecule has 0 aliphatic heterocycles. The van der Waals surface area contributed by atoms with E-state index in [2.05, 4.69) is 9.46 Å². The Bertz CT molecular complexity index is 969. The topological polar surface area (TPSA) is 107 Å². The van der Waals surface area contributed by atoms with Gasteiger partial charge in [0.05, 0.1) is 16.9 Å². The summed E-state index contributed by atoms with van der Waals surface area (Å²) in [7, 11) is -6.58. The van der Waals surface area contributed by atoms with Gasteiger partial charge in [0, 0.05) is 6.26 Å². The van der Waals surface area contributed by atoms with Gasteiger partial charge in [-0.05, 0) is 23.8 Å². The third-order valence-electron chi connectivity index (χ3n) is 3.39.